The summed E-state index contributed by atoms with van der Waals surface area (Å²) in [5, 5.41) is 5.19. The average Bonchev–Trinajstić information content (AvgIpc) is 2.98. The van der Waals surface area contributed by atoms with Crippen molar-refractivity contribution in [1.29, 1.82) is 0 Å². The Labute approximate surface area is 131 Å². The molecule has 0 radical (unpaired) electrons. The van der Waals surface area contributed by atoms with Crippen LogP contribution in [0.25, 0.3) is 0 Å². The van der Waals surface area contributed by atoms with Gasteiger partial charge in [0.15, 0.2) is 0 Å². The van der Waals surface area contributed by atoms with Crippen LogP contribution in [-0.4, -0.2) is 19.1 Å². The molecule has 0 spiro atoms. The molecule has 1 atom stereocenters. The predicted molar refractivity (Wildman–Crippen MR) is 85.5 cm³/mol. The Hall–Kier alpha value is -0.870. The number of hydrogen-bond donors (Lipinski definition) is 1. The van der Waals surface area contributed by atoms with Crippen molar-refractivity contribution in [2.24, 2.45) is 5.92 Å². The van der Waals surface area contributed by atoms with Crippen LogP contribution in [0.2, 0.25) is 0 Å². The van der Waals surface area contributed by atoms with E-state index in [4.69, 9.17) is 4.74 Å². The highest BCUT2D eigenvalue weighted by Crippen LogP contribution is 2.33. The summed E-state index contributed by atoms with van der Waals surface area (Å²) in [5.41, 5.74) is 1.37. The fraction of sp³-hybridized carbons (Fsp3) is 0.706. The standard InChI is InChI=1S/C17H25NO2S/c19-16(18-9-6-13-4-2-1-3-5-13)12-15-17-14(7-10-20-15)8-11-21-17/h8,11,13,15H,1-7,9-10,12H2,(H,18,19). The molecule has 1 saturated carbocycles. The first-order chi connectivity index (χ1) is 10.3. The van der Waals surface area contributed by atoms with Crippen LogP contribution in [0.3, 0.4) is 0 Å². The van der Waals surface area contributed by atoms with Gasteiger partial charge in [0, 0.05) is 11.4 Å². The molecule has 2 heterocycles. The number of rotatable bonds is 5. The summed E-state index contributed by atoms with van der Waals surface area (Å²) >= 11 is 1.72. The van der Waals surface area contributed by atoms with Crippen LogP contribution in [-0.2, 0) is 16.0 Å². The number of carbonyl (C=O) groups is 1. The number of nitrogens with one attached hydrogen (secondary N) is 1. The summed E-state index contributed by atoms with van der Waals surface area (Å²) in [6, 6.07) is 2.16. The van der Waals surface area contributed by atoms with Crippen molar-refractivity contribution in [3.05, 3.63) is 21.9 Å². The first-order valence-electron chi connectivity index (χ1n) is 8.27. The van der Waals surface area contributed by atoms with Gasteiger partial charge >= 0.3 is 0 Å². The number of carbonyl (C=O) groups excluding carboxylic acids is 1. The zero-order valence-corrected chi connectivity index (χ0v) is 13.4. The normalized spacial score (nSPS) is 22.8. The zero-order valence-electron chi connectivity index (χ0n) is 12.6. The fourth-order valence-corrected chi connectivity index (χ4v) is 4.51. The molecule has 1 N–H and O–H groups in total. The molecule has 1 unspecified atom stereocenters. The van der Waals surface area contributed by atoms with Gasteiger partial charge < -0.3 is 10.1 Å². The molecule has 4 heteroatoms. The van der Waals surface area contributed by atoms with Crippen molar-refractivity contribution in [2.45, 2.75) is 57.5 Å². The van der Waals surface area contributed by atoms with Crippen molar-refractivity contribution >= 4 is 17.2 Å². The quantitative estimate of drug-likeness (QED) is 0.897. The lowest BCUT2D eigenvalue weighted by molar-refractivity contribution is -0.124. The summed E-state index contributed by atoms with van der Waals surface area (Å²) in [6.07, 6.45) is 9.40. The van der Waals surface area contributed by atoms with Gasteiger partial charge in [0.1, 0.15) is 6.10 Å². The van der Waals surface area contributed by atoms with E-state index in [1.165, 1.54) is 42.5 Å². The second-order valence-electron chi connectivity index (χ2n) is 6.27. The lowest BCUT2D eigenvalue weighted by atomic mass is 9.87. The number of amides is 1. The SMILES string of the molecule is O=C(CC1OCCc2ccsc21)NCCC1CCCCC1. The number of thiophene rings is 1. The monoisotopic (exact) mass is 307 g/mol. The summed E-state index contributed by atoms with van der Waals surface area (Å²) in [7, 11) is 0. The molecule has 0 saturated heterocycles. The van der Waals surface area contributed by atoms with Gasteiger partial charge in [-0.05, 0) is 35.8 Å². The molecule has 0 aromatic carbocycles. The van der Waals surface area contributed by atoms with Gasteiger partial charge in [-0.3, -0.25) is 4.79 Å². The topological polar surface area (TPSA) is 38.3 Å². The molecular weight excluding hydrogens is 282 g/mol. The molecule has 21 heavy (non-hydrogen) atoms. The van der Waals surface area contributed by atoms with Gasteiger partial charge in [-0.2, -0.15) is 0 Å². The van der Waals surface area contributed by atoms with Crippen LogP contribution in [0.15, 0.2) is 11.4 Å². The molecule has 3 rings (SSSR count). The van der Waals surface area contributed by atoms with Crippen molar-refractivity contribution in [2.75, 3.05) is 13.2 Å². The molecule has 1 aliphatic heterocycles. The smallest absolute Gasteiger partial charge is 0.223 e. The van der Waals surface area contributed by atoms with Gasteiger partial charge in [-0.1, -0.05) is 32.1 Å². The van der Waals surface area contributed by atoms with Gasteiger partial charge in [0.25, 0.3) is 0 Å². The number of hydrogen-bond acceptors (Lipinski definition) is 3. The first kappa shape index (κ1) is 15.0. The maximum atomic E-state index is 12.1. The van der Waals surface area contributed by atoms with E-state index in [-0.39, 0.29) is 12.0 Å². The van der Waals surface area contributed by atoms with E-state index in [1.54, 1.807) is 11.3 Å². The third kappa shape index (κ3) is 4.07. The van der Waals surface area contributed by atoms with Gasteiger partial charge in [0.2, 0.25) is 5.91 Å². The molecule has 116 valence electrons. The zero-order chi connectivity index (χ0) is 14.5. The van der Waals surface area contributed by atoms with Crippen LogP contribution >= 0.6 is 11.3 Å². The molecule has 0 bridgehead atoms. The maximum Gasteiger partial charge on any atom is 0.223 e. The summed E-state index contributed by atoms with van der Waals surface area (Å²) in [5.74, 6) is 0.964. The summed E-state index contributed by atoms with van der Waals surface area (Å²) in [6.45, 7) is 1.57. The van der Waals surface area contributed by atoms with E-state index in [9.17, 15) is 4.79 Å². The molecule has 1 aliphatic carbocycles. The van der Waals surface area contributed by atoms with E-state index in [0.717, 1.165) is 31.9 Å². The average molecular weight is 307 g/mol. The molecule has 1 aromatic rings. The van der Waals surface area contributed by atoms with Crippen molar-refractivity contribution in [3.63, 3.8) is 0 Å². The molecule has 2 aliphatic rings. The molecule has 3 nitrogen and oxygen atoms in total. The van der Waals surface area contributed by atoms with Gasteiger partial charge in [0.05, 0.1) is 13.0 Å². The maximum absolute atomic E-state index is 12.1. The third-order valence-corrected chi connectivity index (χ3v) is 5.79. The third-order valence-electron chi connectivity index (χ3n) is 4.73. The highest BCUT2D eigenvalue weighted by Gasteiger charge is 2.24. The lowest BCUT2D eigenvalue weighted by Crippen LogP contribution is -2.29. The van der Waals surface area contributed by atoms with E-state index in [0.29, 0.717) is 6.42 Å². The van der Waals surface area contributed by atoms with E-state index < -0.39 is 0 Å². The van der Waals surface area contributed by atoms with Crippen LogP contribution in [0, 0.1) is 5.92 Å². The largest absolute Gasteiger partial charge is 0.372 e. The first-order valence-corrected chi connectivity index (χ1v) is 9.15. The van der Waals surface area contributed by atoms with Crippen molar-refractivity contribution in [1.82, 2.24) is 5.32 Å². The highest BCUT2D eigenvalue weighted by molar-refractivity contribution is 7.10. The number of fused-ring (bicyclic) bond motifs is 1. The fourth-order valence-electron chi connectivity index (χ4n) is 3.51. The minimum Gasteiger partial charge on any atom is -0.372 e. The van der Waals surface area contributed by atoms with E-state index in [1.807, 2.05) is 0 Å². The Morgan fingerprint density at radius 1 is 1.33 bits per heavy atom. The van der Waals surface area contributed by atoms with Crippen molar-refractivity contribution < 1.29 is 9.53 Å². The van der Waals surface area contributed by atoms with Crippen LogP contribution in [0.5, 0.6) is 0 Å². The minimum atomic E-state index is -0.0246. The Kier molecular flexibility index (Phi) is 5.31. The summed E-state index contributed by atoms with van der Waals surface area (Å²) in [4.78, 5) is 13.4. The van der Waals surface area contributed by atoms with E-state index in [2.05, 4.69) is 16.8 Å². The second kappa shape index (κ2) is 7.41. The highest BCUT2D eigenvalue weighted by atomic mass is 32.1. The van der Waals surface area contributed by atoms with Crippen molar-refractivity contribution in [3.8, 4) is 0 Å². The Bertz CT molecular complexity index is 465. The van der Waals surface area contributed by atoms with E-state index >= 15 is 0 Å². The molecule has 1 amide bonds. The predicted octanol–water partition coefficient (Wildman–Crippen LogP) is 3.84. The summed E-state index contributed by atoms with van der Waals surface area (Å²) < 4.78 is 5.78. The molecule has 1 aromatic heterocycles. The second-order valence-corrected chi connectivity index (χ2v) is 7.21. The molecular formula is C17H25NO2S. The minimum absolute atomic E-state index is 0.0246. The van der Waals surface area contributed by atoms with Crippen LogP contribution < -0.4 is 5.32 Å². The van der Waals surface area contributed by atoms with Gasteiger partial charge in [-0.15, -0.1) is 11.3 Å². The van der Waals surface area contributed by atoms with Crippen LogP contribution in [0.1, 0.15) is 61.5 Å². The van der Waals surface area contributed by atoms with Crippen LogP contribution in [0.4, 0.5) is 0 Å². The Morgan fingerprint density at radius 2 is 2.19 bits per heavy atom. The molecule has 1 fully saturated rings. The Balaban J connectivity index is 1.40. The number of ether oxygens (including phenoxy) is 1. The van der Waals surface area contributed by atoms with Gasteiger partial charge in [-0.25, -0.2) is 0 Å². The Morgan fingerprint density at radius 3 is 3.05 bits per heavy atom. The lowest BCUT2D eigenvalue weighted by Gasteiger charge is -2.23.